The Morgan fingerprint density at radius 1 is 1.50 bits per heavy atom. The van der Waals surface area contributed by atoms with Crippen LogP contribution in [0.5, 0.6) is 0 Å². The summed E-state index contributed by atoms with van der Waals surface area (Å²) in [5, 5.41) is 2.67. The lowest BCUT2D eigenvalue weighted by Crippen LogP contribution is -2.25. The topological polar surface area (TPSA) is 68.0 Å². The molecule has 0 fully saturated rings. The zero-order valence-corrected chi connectivity index (χ0v) is 11.2. The molecule has 1 amide bonds. The Bertz CT molecular complexity index is 401. The van der Waals surface area contributed by atoms with Gasteiger partial charge in [0.05, 0.1) is 5.56 Å². The summed E-state index contributed by atoms with van der Waals surface area (Å²) in [5.74, 6) is -0.310. The summed E-state index contributed by atoms with van der Waals surface area (Å²) < 4.78 is 13.5. The number of unbranched alkanes of at least 4 members (excludes halogenated alkanes) is 2. The minimum Gasteiger partial charge on any atom is -0.381 e. The number of hydrogen-bond donors (Lipinski definition) is 2. The maximum absolute atomic E-state index is 13.5. The molecular formula is C12H18FN3OS. The maximum Gasteiger partial charge on any atom is 0.254 e. The van der Waals surface area contributed by atoms with Crippen LogP contribution in [0.1, 0.15) is 29.6 Å². The minimum absolute atomic E-state index is 0.0494. The lowest BCUT2D eigenvalue weighted by molar-refractivity contribution is 0.0949. The number of nitrogens with one attached hydrogen (secondary N) is 1. The molecule has 0 radical (unpaired) electrons. The molecule has 0 spiro atoms. The Kier molecular flexibility index (Phi) is 6.49. The van der Waals surface area contributed by atoms with Gasteiger partial charge in [0.15, 0.2) is 11.6 Å². The third kappa shape index (κ3) is 4.52. The van der Waals surface area contributed by atoms with Crippen molar-refractivity contribution < 1.29 is 9.18 Å². The molecule has 0 unspecified atom stereocenters. The number of nitrogens with two attached hydrogens (primary N) is 1. The van der Waals surface area contributed by atoms with Crippen molar-refractivity contribution in [2.45, 2.75) is 19.3 Å². The standard InChI is InChI=1S/C12H18FN3OS/c1-18-8-4-2-3-6-16-12(17)9-5-7-15-11(14)10(9)13/h5,7H,2-4,6,8H2,1H3,(H2,14,15)(H,16,17). The van der Waals surface area contributed by atoms with Crippen LogP contribution in [0.2, 0.25) is 0 Å². The van der Waals surface area contributed by atoms with Gasteiger partial charge in [-0.1, -0.05) is 6.42 Å². The van der Waals surface area contributed by atoms with Crippen molar-refractivity contribution in [3.63, 3.8) is 0 Å². The van der Waals surface area contributed by atoms with Gasteiger partial charge in [-0.25, -0.2) is 9.37 Å². The number of hydrogen-bond acceptors (Lipinski definition) is 4. The van der Waals surface area contributed by atoms with Gasteiger partial charge in [-0.05, 0) is 30.9 Å². The first-order valence-corrected chi connectivity index (χ1v) is 7.23. The first kappa shape index (κ1) is 14.8. The van der Waals surface area contributed by atoms with Crippen molar-refractivity contribution in [2.75, 3.05) is 24.3 Å². The van der Waals surface area contributed by atoms with Gasteiger partial charge in [0.25, 0.3) is 5.91 Å². The summed E-state index contributed by atoms with van der Waals surface area (Å²) >= 11 is 1.81. The zero-order chi connectivity index (χ0) is 13.4. The van der Waals surface area contributed by atoms with Crippen molar-refractivity contribution in [3.8, 4) is 0 Å². The SMILES string of the molecule is CSCCCCCNC(=O)c1ccnc(N)c1F. The first-order valence-electron chi connectivity index (χ1n) is 5.84. The van der Waals surface area contributed by atoms with Gasteiger partial charge in [-0.3, -0.25) is 4.79 Å². The number of carbonyl (C=O) groups excluding carboxylic acids is 1. The van der Waals surface area contributed by atoms with E-state index < -0.39 is 11.7 Å². The quantitative estimate of drug-likeness (QED) is 0.745. The number of carbonyl (C=O) groups is 1. The molecule has 0 saturated carbocycles. The molecule has 3 N–H and O–H groups in total. The van der Waals surface area contributed by atoms with E-state index in [2.05, 4.69) is 16.6 Å². The van der Waals surface area contributed by atoms with E-state index in [0.717, 1.165) is 25.0 Å². The van der Waals surface area contributed by atoms with Crippen LogP contribution < -0.4 is 11.1 Å². The monoisotopic (exact) mass is 271 g/mol. The molecule has 0 bridgehead atoms. The molecule has 4 nitrogen and oxygen atoms in total. The predicted molar refractivity (Wildman–Crippen MR) is 73.2 cm³/mol. The molecule has 100 valence electrons. The van der Waals surface area contributed by atoms with E-state index in [1.54, 1.807) is 0 Å². The van der Waals surface area contributed by atoms with E-state index in [-0.39, 0.29) is 11.4 Å². The minimum atomic E-state index is -0.752. The lowest BCUT2D eigenvalue weighted by atomic mass is 10.2. The van der Waals surface area contributed by atoms with Crippen molar-refractivity contribution in [1.82, 2.24) is 10.3 Å². The Hall–Kier alpha value is -1.30. The summed E-state index contributed by atoms with van der Waals surface area (Å²) in [7, 11) is 0. The van der Waals surface area contributed by atoms with Crippen LogP contribution in [0.4, 0.5) is 10.2 Å². The number of pyridine rings is 1. The largest absolute Gasteiger partial charge is 0.381 e. The van der Waals surface area contributed by atoms with E-state index >= 15 is 0 Å². The number of halogens is 1. The summed E-state index contributed by atoms with van der Waals surface area (Å²) in [6.07, 6.45) is 6.48. The molecule has 0 aliphatic heterocycles. The number of amides is 1. The number of aromatic nitrogens is 1. The fourth-order valence-corrected chi connectivity index (χ4v) is 1.97. The highest BCUT2D eigenvalue weighted by molar-refractivity contribution is 7.98. The summed E-state index contributed by atoms with van der Waals surface area (Å²) in [6.45, 7) is 0.550. The van der Waals surface area contributed by atoms with Crippen LogP contribution in [-0.2, 0) is 0 Å². The molecule has 18 heavy (non-hydrogen) atoms. The van der Waals surface area contributed by atoms with Gasteiger partial charge in [0.1, 0.15) is 0 Å². The molecular weight excluding hydrogens is 253 g/mol. The van der Waals surface area contributed by atoms with Crippen molar-refractivity contribution in [3.05, 3.63) is 23.6 Å². The second-order valence-corrected chi connectivity index (χ2v) is 4.85. The van der Waals surface area contributed by atoms with Crippen LogP contribution >= 0.6 is 11.8 Å². The average Bonchev–Trinajstić information content (AvgIpc) is 2.36. The van der Waals surface area contributed by atoms with Gasteiger partial charge < -0.3 is 11.1 Å². The third-order valence-corrected chi connectivity index (χ3v) is 3.17. The number of thioether (sulfide) groups is 1. The number of nitrogen functional groups attached to an aromatic ring is 1. The number of rotatable bonds is 7. The molecule has 1 rings (SSSR count). The van der Waals surface area contributed by atoms with E-state index in [1.165, 1.54) is 12.3 Å². The van der Waals surface area contributed by atoms with Crippen molar-refractivity contribution in [2.24, 2.45) is 0 Å². The fourth-order valence-electron chi connectivity index (χ4n) is 1.48. The third-order valence-electron chi connectivity index (χ3n) is 2.47. The van der Waals surface area contributed by atoms with Crippen LogP contribution in [0, 0.1) is 5.82 Å². The second-order valence-electron chi connectivity index (χ2n) is 3.87. The summed E-state index contributed by atoms with van der Waals surface area (Å²) in [6, 6.07) is 1.33. The second kappa shape index (κ2) is 7.92. The van der Waals surface area contributed by atoms with Gasteiger partial charge in [-0.15, -0.1) is 0 Å². The summed E-state index contributed by atoms with van der Waals surface area (Å²) in [5.41, 5.74) is 5.25. The molecule has 0 atom stereocenters. The molecule has 6 heteroatoms. The molecule has 1 aromatic heterocycles. The molecule has 0 aliphatic carbocycles. The highest BCUT2D eigenvalue weighted by Crippen LogP contribution is 2.11. The molecule has 0 aromatic carbocycles. The van der Waals surface area contributed by atoms with Gasteiger partial charge in [-0.2, -0.15) is 11.8 Å². The highest BCUT2D eigenvalue weighted by atomic mass is 32.2. The zero-order valence-electron chi connectivity index (χ0n) is 10.4. The Balaban J connectivity index is 2.35. The van der Waals surface area contributed by atoms with Crippen LogP contribution in [0.15, 0.2) is 12.3 Å². The molecule has 0 saturated heterocycles. The number of anilines is 1. The van der Waals surface area contributed by atoms with Gasteiger partial charge in [0, 0.05) is 12.7 Å². The maximum atomic E-state index is 13.5. The molecule has 1 aromatic rings. The van der Waals surface area contributed by atoms with Gasteiger partial charge in [0.2, 0.25) is 0 Å². The van der Waals surface area contributed by atoms with Crippen molar-refractivity contribution in [1.29, 1.82) is 0 Å². The normalized spacial score (nSPS) is 10.3. The van der Waals surface area contributed by atoms with E-state index in [0.29, 0.717) is 6.54 Å². The number of nitrogens with zero attached hydrogens (tertiary/aromatic N) is 1. The Morgan fingerprint density at radius 2 is 2.28 bits per heavy atom. The lowest BCUT2D eigenvalue weighted by Gasteiger charge is -2.06. The van der Waals surface area contributed by atoms with Crippen LogP contribution in [-0.4, -0.2) is 29.4 Å². The first-order chi connectivity index (χ1) is 8.66. The summed E-state index contributed by atoms with van der Waals surface area (Å²) in [4.78, 5) is 15.2. The van der Waals surface area contributed by atoms with Crippen molar-refractivity contribution >= 4 is 23.5 Å². The van der Waals surface area contributed by atoms with E-state index in [9.17, 15) is 9.18 Å². The Morgan fingerprint density at radius 3 is 3.00 bits per heavy atom. The van der Waals surface area contributed by atoms with Gasteiger partial charge >= 0.3 is 0 Å². The Labute approximate surface area is 111 Å². The van der Waals surface area contributed by atoms with Crippen LogP contribution in [0.3, 0.4) is 0 Å². The molecule has 1 heterocycles. The predicted octanol–water partition coefficient (Wildman–Crippen LogP) is 2.07. The average molecular weight is 271 g/mol. The van der Waals surface area contributed by atoms with E-state index in [4.69, 9.17) is 5.73 Å². The van der Waals surface area contributed by atoms with E-state index in [1.807, 2.05) is 11.8 Å². The highest BCUT2D eigenvalue weighted by Gasteiger charge is 2.13. The van der Waals surface area contributed by atoms with Crippen LogP contribution in [0.25, 0.3) is 0 Å². The fraction of sp³-hybridized carbons (Fsp3) is 0.500. The molecule has 0 aliphatic rings. The smallest absolute Gasteiger partial charge is 0.254 e.